The number of hydrogen-bond donors (Lipinski definition) is 1. The average molecular weight is 557 g/mol. The van der Waals surface area contributed by atoms with Crippen molar-refractivity contribution in [3.63, 3.8) is 0 Å². The highest BCUT2D eigenvalue weighted by Gasteiger charge is 2.47. The van der Waals surface area contributed by atoms with Gasteiger partial charge in [0.05, 0.1) is 36.1 Å². The summed E-state index contributed by atoms with van der Waals surface area (Å²) in [6, 6.07) is 27.7. The lowest BCUT2D eigenvalue weighted by Crippen LogP contribution is -2.59. The summed E-state index contributed by atoms with van der Waals surface area (Å²) >= 11 is 1.23. The second kappa shape index (κ2) is 14.0. The average Bonchev–Trinajstić information content (AvgIpc) is 2.96. The first kappa shape index (κ1) is 28.5. The third-order valence-electron chi connectivity index (χ3n) is 6.12. The maximum Gasteiger partial charge on any atom is 0.200 e. The molecular formula is C29H32O7S2. The molecule has 1 aliphatic rings. The van der Waals surface area contributed by atoms with Crippen molar-refractivity contribution in [2.45, 2.75) is 48.0 Å². The summed E-state index contributed by atoms with van der Waals surface area (Å²) in [5, 5.41) is 12.4. The Hall–Kier alpha value is -2.50. The van der Waals surface area contributed by atoms with Gasteiger partial charge in [0.15, 0.2) is 16.1 Å². The molecule has 0 unspecified atom stereocenters. The van der Waals surface area contributed by atoms with Crippen molar-refractivity contribution in [3.8, 4) is 0 Å². The summed E-state index contributed by atoms with van der Waals surface area (Å²) in [5.41, 5.74) is 1.95. The fourth-order valence-electron chi connectivity index (χ4n) is 4.16. The van der Waals surface area contributed by atoms with E-state index in [4.69, 9.17) is 18.9 Å². The molecule has 1 heterocycles. The number of methoxy groups -OCH3 is 1. The number of rotatable bonds is 12. The summed E-state index contributed by atoms with van der Waals surface area (Å²) in [6.45, 7) is 0.307. The van der Waals surface area contributed by atoms with Crippen molar-refractivity contribution in [1.82, 2.24) is 0 Å². The van der Waals surface area contributed by atoms with Crippen molar-refractivity contribution < 1.29 is 32.5 Å². The fraction of sp³-hybridized carbons (Fsp3) is 0.310. The molecular weight excluding hydrogens is 524 g/mol. The predicted molar refractivity (Wildman–Crippen MR) is 147 cm³/mol. The molecule has 202 valence electrons. The lowest BCUT2D eigenvalue weighted by Gasteiger charge is -2.44. The van der Waals surface area contributed by atoms with Gasteiger partial charge in [0.25, 0.3) is 0 Å². The van der Waals surface area contributed by atoms with Crippen molar-refractivity contribution in [2.24, 2.45) is 0 Å². The molecule has 5 atom stereocenters. The highest BCUT2D eigenvalue weighted by atomic mass is 32.2. The Labute approximate surface area is 228 Å². The van der Waals surface area contributed by atoms with Gasteiger partial charge < -0.3 is 24.1 Å². The van der Waals surface area contributed by atoms with Crippen LogP contribution in [0.2, 0.25) is 0 Å². The molecule has 38 heavy (non-hydrogen) atoms. The molecule has 9 heteroatoms. The van der Waals surface area contributed by atoms with Crippen LogP contribution >= 0.6 is 11.8 Å². The molecule has 7 nitrogen and oxygen atoms in total. The van der Waals surface area contributed by atoms with Crippen LogP contribution in [0, 0.1) is 0 Å². The SMILES string of the molecule is CO[C@@H]1O[C@H](CO)[C@@H](S/C=C\S(=O)(=O)c2ccccc2)[C@H](OCc2ccccc2)[C@H]1OCc1ccccc1. The van der Waals surface area contributed by atoms with E-state index in [1.54, 1.807) is 30.3 Å². The second-order valence-electron chi connectivity index (χ2n) is 8.71. The zero-order valence-corrected chi connectivity index (χ0v) is 22.7. The molecule has 4 rings (SSSR count). The van der Waals surface area contributed by atoms with E-state index in [1.165, 1.54) is 24.3 Å². The summed E-state index contributed by atoms with van der Waals surface area (Å²) in [7, 11) is -2.11. The van der Waals surface area contributed by atoms with Crippen LogP contribution in [0.1, 0.15) is 11.1 Å². The largest absolute Gasteiger partial charge is 0.394 e. The number of thioether (sulfide) groups is 1. The van der Waals surface area contributed by atoms with Crippen molar-refractivity contribution >= 4 is 21.6 Å². The van der Waals surface area contributed by atoms with Crippen molar-refractivity contribution in [2.75, 3.05) is 13.7 Å². The lowest BCUT2D eigenvalue weighted by molar-refractivity contribution is -0.281. The number of aliphatic hydroxyl groups is 1. The summed E-state index contributed by atoms with van der Waals surface area (Å²) in [5.74, 6) is 0. The van der Waals surface area contributed by atoms with E-state index in [0.29, 0.717) is 13.2 Å². The molecule has 3 aromatic carbocycles. The highest BCUT2D eigenvalue weighted by Crippen LogP contribution is 2.35. The van der Waals surface area contributed by atoms with Gasteiger partial charge in [-0.3, -0.25) is 0 Å². The van der Waals surface area contributed by atoms with Gasteiger partial charge in [0, 0.05) is 12.5 Å². The van der Waals surface area contributed by atoms with E-state index < -0.39 is 39.7 Å². The normalized spacial score (nSPS) is 24.0. The smallest absolute Gasteiger partial charge is 0.200 e. The second-order valence-corrected chi connectivity index (χ2v) is 11.6. The topological polar surface area (TPSA) is 91.3 Å². The molecule has 0 aromatic heterocycles. The quantitative estimate of drug-likeness (QED) is 0.347. The monoisotopic (exact) mass is 556 g/mol. The van der Waals surface area contributed by atoms with Crippen LogP contribution in [0.15, 0.2) is 107 Å². The molecule has 0 amide bonds. The maximum atomic E-state index is 12.8. The Morgan fingerprint density at radius 2 is 1.37 bits per heavy atom. The van der Waals surface area contributed by atoms with Gasteiger partial charge in [-0.25, -0.2) is 8.42 Å². The van der Waals surface area contributed by atoms with Crippen LogP contribution in [0.5, 0.6) is 0 Å². The Kier molecular flexibility index (Phi) is 10.5. The van der Waals surface area contributed by atoms with Crippen molar-refractivity contribution in [3.05, 3.63) is 113 Å². The van der Waals surface area contributed by atoms with Crippen LogP contribution in [0.4, 0.5) is 0 Å². The Balaban J connectivity index is 1.58. The molecule has 0 aliphatic carbocycles. The Morgan fingerprint density at radius 3 is 1.89 bits per heavy atom. The van der Waals surface area contributed by atoms with Gasteiger partial charge in [0.1, 0.15) is 12.2 Å². The Bertz CT molecular complexity index is 1240. The minimum atomic E-state index is -3.63. The molecule has 1 fully saturated rings. The molecule has 0 spiro atoms. The molecule has 1 saturated heterocycles. The first-order chi connectivity index (χ1) is 18.5. The Morgan fingerprint density at radius 1 is 0.842 bits per heavy atom. The van der Waals surface area contributed by atoms with Gasteiger partial charge in [-0.05, 0) is 28.7 Å². The van der Waals surface area contributed by atoms with Crippen LogP contribution in [-0.2, 0) is 42.0 Å². The number of benzene rings is 3. The fourth-order valence-corrected chi connectivity index (χ4v) is 6.59. The van der Waals surface area contributed by atoms with Gasteiger partial charge in [-0.15, -0.1) is 11.8 Å². The minimum Gasteiger partial charge on any atom is -0.394 e. The lowest BCUT2D eigenvalue weighted by atomic mass is 10.0. The van der Waals surface area contributed by atoms with Gasteiger partial charge in [0.2, 0.25) is 0 Å². The van der Waals surface area contributed by atoms with E-state index in [9.17, 15) is 13.5 Å². The number of sulfone groups is 1. The van der Waals surface area contributed by atoms with E-state index in [0.717, 1.165) is 16.5 Å². The third-order valence-corrected chi connectivity index (χ3v) is 8.89. The molecule has 3 aromatic rings. The van der Waals surface area contributed by atoms with E-state index >= 15 is 0 Å². The van der Waals surface area contributed by atoms with Crippen LogP contribution < -0.4 is 0 Å². The summed E-state index contributed by atoms with van der Waals surface area (Å²) in [6.07, 6.45) is -2.68. The van der Waals surface area contributed by atoms with Crippen LogP contribution in [-0.4, -0.2) is 57.1 Å². The van der Waals surface area contributed by atoms with Crippen LogP contribution in [0.25, 0.3) is 0 Å². The number of ether oxygens (including phenoxy) is 4. The molecule has 0 bridgehead atoms. The van der Waals surface area contributed by atoms with E-state index in [2.05, 4.69) is 0 Å². The molecule has 0 radical (unpaired) electrons. The molecule has 1 aliphatic heterocycles. The van der Waals surface area contributed by atoms with Gasteiger partial charge in [-0.2, -0.15) is 0 Å². The van der Waals surface area contributed by atoms with E-state index in [-0.39, 0.29) is 11.5 Å². The summed E-state index contributed by atoms with van der Waals surface area (Å²) in [4.78, 5) is 0.204. The molecule has 1 N–H and O–H groups in total. The summed E-state index contributed by atoms with van der Waals surface area (Å²) < 4.78 is 50.0. The van der Waals surface area contributed by atoms with E-state index in [1.807, 2.05) is 60.7 Å². The molecule has 0 saturated carbocycles. The standard InChI is InChI=1S/C29H32O7S2/c1-33-29-27(35-21-23-13-7-3-8-14-23)26(34-20-22-11-5-2-6-12-22)28(25(19-30)36-29)37-17-18-38(31,32)24-15-9-4-10-16-24/h2-18,25-30H,19-21H2,1H3/b18-17-/t25-,26-,27-,28-,29-/m1/s1. The zero-order chi connectivity index (χ0) is 26.8. The van der Waals surface area contributed by atoms with Gasteiger partial charge in [-0.1, -0.05) is 78.9 Å². The first-order valence-corrected chi connectivity index (χ1v) is 14.7. The minimum absolute atomic E-state index is 0.204. The van der Waals surface area contributed by atoms with Crippen LogP contribution in [0.3, 0.4) is 0 Å². The first-order valence-electron chi connectivity index (χ1n) is 12.2. The number of hydrogen-bond acceptors (Lipinski definition) is 8. The number of aliphatic hydroxyl groups excluding tert-OH is 1. The van der Waals surface area contributed by atoms with Gasteiger partial charge >= 0.3 is 0 Å². The predicted octanol–water partition coefficient (Wildman–Crippen LogP) is 4.57. The van der Waals surface area contributed by atoms with Crippen molar-refractivity contribution in [1.29, 1.82) is 0 Å². The maximum absolute atomic E-state index is 12.8. The third kappa shape index (κ3) is 7.54. The highest BCUT2D eigenvalue weighted by molar-refractivity contribution is 8.04. The zero-order valence-electron chi connectivity index (χ0n) is 21.0.